The zero-order valence-corrected chi connectivity index (χ0v) is 18.3. The predicted octanol–water partition coefficient (Wildman–Crippen LogP) is 6.06. The van der Waals surface area contributed by atoms with Gasteiger partial charge in [-0.25, -0.2) is 0 Å². The lowest BCUT2D eigenvalue weighted by Gasteiger charge is -2.28. The van der Waals surface area contributed by atoms with Crippen LogP contribution >= 0.6 is 0 Å². The number of anilines is 1. The van der Waals surface area contributed by atoms with Crippen LogP contribution in [0, 0.1) is 0 Å². The molecule has 3 N–H and O–H groups in total. The fourth-order valence-corrected chi connectivity index (χ4v) is 5.58. The highest BCUT2D eigenvalue weighted by Gasteiger charge is 2.52. The fourth-order valence-electron chi connectivity index (χ4n) is 5.58. The largest absolute Gasteiger partial charge is 0.361 e. The predicted molar refractivity (Wildman–Crippen MR) is 130 cm³/mol. The van der Waals surface area contributed by atoms with Gasteiger partial charge in [0.05, 0.1) is 0 Å². The first-order valence-electron chi connectivity index (χ1n) is 11.3. The van der Waals surface area contributed by atoms with Gasteiger partial charge in [0.15, 0.2) is 0 Å². The molecule has 5 aromatic rings. The number of fused-ring (bicyclic) bond motifs is 3. The quantitative estimate of drug-likeness (QED) is 0.326. The SMILES string of the molecule is CCc1cccc2c(C3(c4c[nH]c5c(CC)cccc45)C(=O)Nc4ccccc43)c[nH]c12. The van der Waals surface area contributed by atoms with Gasteiger partial charge in [-0.15, -0.1) is 0 Å². The Morgan fingerprint density at radius 3 is 1.81 bits per heavy atom. The van der Waals surface area contributed by atoms with E-state index >= 15 is 0 Å². The van der Waals surface area contributed by atoms with E-state index in [9.17, 15) is 4.79 Å². The van der Waals surface area contributed by atoms with Crippen LogP contribution in [0.25, 0.3) is 21.8 Å². The summed E-state index contributed by atoms with van der Waals surface area (Å²) in [5.74, 6) is -0.00990. The van der Waals surface area contributed by atoms with Gasteiger partial charge in [-0.1, -0.05) is 68.4 Å². The number of carbonyl (C=O) groups excluding carboxylic acids is 1. The highest BCUT2D eigenvalue weighted by Crippen LogP contribution is 2.51. The maximum absolute atomic E-state index is 14.0. The van der Waals surface area contributed by atoms with Gasteiger partial charge in [-0.3, -0.25) is 4.79 Å². The molecule has 0 radical (unpaired) electrons. The molecule has 4 heteroatoms. The van der Waals surface area contributed by atoms with E-state index in [0.717, 1.165) is 57.0 Å². The zero-order chi connectivity index (χ0) is 21.9. The normalized spacial score (nSPS) is 14.8. The fraction of sp³-hybridized carbons (Fsp3) is 0.179. The van der Waals surface area contributed by atoms with Gasteiger partial charge in [-0.2, -0.15) is 0 Å². The number of para-hydroxylation sites is 3. The van der Waals surface area contributed by atoms with Crippen LogP contribution in [0.2, 0.25) is 0 Å². The lowest BCUT2D eigenvalue weighted by atomic mass is 9.70. The second-order valence-electron chi connectivity index (χ2n) is 8.54. The number of carbonyl (C=O) groups is 1. The summed E-state index contributed by atoms with van der Waals surface area (Å²) >= 11 is 0. The van der Waals surface area contributed by atoms with Crippen LogP contribution in [-0.4, -0.2) is 15.9 Å². The minimum absolute atomic E-state index is 0.00990. The molecule has 0 unspecified atom stereocenters. The molecular weight excluding hydrogens is 394 g/mol. The Morgan fingerprint density at radius 1 is 0.688 bits per heavy atom. The summed E-state index contributed by atoms with van der Waals surface area (Å²) in [5, 5.41) is 5.37. The molecule has 0 saturated heterocycles. The standard InChI is InChI=1S/C28H25N3O/c1-3-17-9-7-11-19-22(15-29-25(17)19)28(21-13-5-6-14-24(21)31-27(28)32)23-16-30-26-18(4-2)10-8-12-20(23)26/h5-16,29-30H,3-4H2,1-2H3,(H,31,32). The molecule has 0 aliphatic carbocycles. The van der Waals surface area contributed by atoms with Gasteiger partial charge in [0.25, 0.3) is 0 Å². The summed E-state index contributed by atoms with van der Waals surface area (Å²) in [5.41, 5.74) is 7.64. The van der Waals surface area contributed by atoms with Crippen molar-refractivity contribution in [1.82, 2.24) is 9.97 Å². The topological polar surface area (TPSA) is 60.7 Å². The number of benzene rings is 3. The molecule has 4 nitrogen and oxygen atoms in total. The van der Waals surface area contributed by atoms with E-state index in [4.69, 9.17) is 0 Å². The first-order chi connectivity index (χ1) is 15.7. The van der Waals surface area contributed by atoms with E-state index in [2.05, 4.69) is 71.6 Å². The summed E-state index contributed by atoms with van der Waals surface area (Å²) in [6.45, 7) is 4.32. The van der Waals surface area contributed by atoms with E-state index in [-0.39, 0.29) is 5.91 Å². The average Bonchev–Trinajstić information content (AvgIpc) is 3.52. The van der Waals surface area contributed by atoms with Crippen LogP contribution in [0.4, 0.5) is 5.69 Å². The van der Waals surface area contributed by atoms with Crippen molar-refractivity contribution in [1.29, 1.82) is 0 Å². The molecule has 0 atom stereocenters. The second-order valence-corrected chi connectivity index (χ2v) is 8.54. The smallest absolute Gasteiger partial charge is 0.244 e. The molecule has 3 heterocycles. The van der Waals surface area contributed by atoms with Crippen LogP contribution in [0.5, 0.6) is 0 Å². The molecule has 1 aliphatic rings. The number of hydrogen-bond acceptors (Lipinski definition) is 1. The summed E-state index contributed by atoms with van der Waals surface area (Å²) in [6.07, 6.45) is 5.93. The number of rotatable bonds is 4. The third-order valence-corrected chi connectivity index (χ3v) is 7.09. The molecule has 3 aromatic carbocycles. The van der Waals surface area contributed by atoms with Crippen LogP contribution < -0.4 is 5.32 Å². The monoisotopic (exact) mass is 419 g/mol. The molecule has 158 valence electrons. The number of amides is 1. The molecular formula is C28H25N3O. The van der Waals surface area contributed by atoms with Crippen molar-refractivity contribution in [3.05, 3.63) is 101 Å². The third kappa shape index (κ3) is 2.29. The second kappa shape index (κ2) is 6.86. The van der Waals surface area contributed by atoms with Gasteiger partial charge >= 0.3 is 0 Å². The van der Waals surface area contributed by atoms with Gasteiger partial charge in [0.2, 0.25) is 5.91 Å². The summed E-state index contributed by atoms with van der Waals surface area (Å²) in [6, 6.07) is 20.8. The Morgan fingerprint density at radius 2 is 1.25 bits per heavy atom. The van der Waals surface area contributed by atoms with Crippen molar-refractivity contribution in [2.75, 3.05) is 5.32 Å². The number of hydrogen-bond donors (Lipinski definition) is 3. The van der Waals surface area contributed by atoms with Crippen molar-refractivity contribution in [3.8, 4) is 0 Å². The Bertz CT molecular complexity index is 1420. The molecule has 0 fully saturated rings. The molecule has 0 spiro atoms. The minimum atomic E-state index is -0.939. The number of nitrogens with one attached hydrogen (secondary N) is 3. The first kappa shape index (κ1) is 18.9. The molecule has 32 heavy (non-hydrogen) atoms. The third-order valence-electron chi connectivity index (χ3n) is 7.09. The van der Waals surface area contributed by atoms with Gasteiger partial charge < -0.3 is 15.3 Å². The Labute approximate surface area is 186 Å². The van der Waals surface area contributed by atoms with Gasteiger partial charge in [0.1, 0.15) is 5.41 Å². The van der Waals surface area contributed by atoms with Gasteiger partial charge in [0, 0.05) is 56.6 Å². The molecule has 1 aliphatic heterocycles. The summed E-state index contributed by atoms with van der Waals surface area (Å²) in [4.78, 5) is 21.0. The molecule has 0 saturated carbocycles. The number of aromatic amines is 2. The van der Waals surface area contributed by atoms with Crippen molar-refractivity contribution in [2.45, 2.75) is 32.1 Å². The molecule has 6 rings (SSSR count). The van der Waals surface area contributed by atoms with Crippen molar-refractivity contribution in [2.24, 2.45) is 0 Å². The zero-order valence-electron chi connectivity index (χ0n) is 18.3. The van der Waals surface area contributed by atoms with Crippen LogP contribution in [0.15, 0.2) is 73.1 Å². The van der Waals surface area contributed by atoms with Crippen LogP contribution in [-0.2, 0) is 23.1 Å². The van der Waals surface area contributed by atoms with Crippen molar-refractivity contribution in [3.63, 3.8) is 0 Å². The minimum Gasteiger partial charge on any atom is -0.361 e. The van der Waals surface area contributed by atoms with E-state index in [1.54, 1.807) is 0 Å². The van der Waals surface area contributed by atoms with E-state index in [1.807, 2.05) is 30.6 Å². The van der Waals surface area contributed by atoms with Crippen LogP contribution in [0.3, 0.4) is 0 Å². The molecule has 1 amide bonds. The number of aromatic nitrogens is 2. The average molecular weight is 420 g/mol. The van der Waals surface area contributed by atoms with E-state index in [1.165, 1.54) is 11.1 Å². The molecule has 0 bridgehead atoms. The lowest BCUT2D eigenvalue weighted by molar-refractivity contribution is -0.118. The highest BCUT2D eigenvalue weighted by molar-refractivity contribution is 6.15. The number of H-pyrrole nitrogens is 2. The summed E-state index contributed by atoms with van der Waals surface area (Å²) < 4.78 is 0. The van der Waals surface area contributed by atoms with Crippen molar-refractivity contribution < 1.29 is 4.79 Å². The molecule has 2 aromatic heterocycles. The highest BCUT2D eigenvalue weighted by atomic mass is 16.2. The van der Waals surface area contributed by atoms with E-state index in [0.29, 0.717) is 0 Å². The maximum Gasteiger partial charge on any atom is 0.244 e. The first-order valence-corrected chi connectivity index (χ1v) is 11.3. The number of aryl methyl sites for hydroxylation is 2. The maximum atomic E-state index is 14.0. The van der Waals surface area contributed by atoms with Crippen molar-refractivity contribution >= 4 is 33.4 Å². The Kier molecular flexibility index (Phi) is 4.06. The Balaban J connectivity index is 1.77. The summed E-state index contributed by atoms with van der Waals surface area (Å²) in [7, 11) is 0. The van der Waals surface area contributed by atoms with Crippen LogP contribution in [0.1, 0.15) is 41.7 Å². The van der Waals surface area contributed by atoms with E-state index < -0.39 is 5.41 Å². The lowest BCUT2D eigenvalue weighted by Crippen LogP contribution is -2.36. The Hall–Kier alpha value is -3.79. The van der Waals surface area contributed by atoms with Gasteiger partial charge in [-0.05, 0) is 30.0 Å².